The summed E-state index contributed by atoms with van der Waals surface area (Å²) in [5, 5.41) is 13.2. The Morgan fingerprint density at radius 1 is 1.33 bits per heavy atom. The molecular formula is C10H16N2O6. The Kier molecular flexibility index (Phi) is 7.10. The summed E-state index contributed by atoms with van der Waals surface area (Å²) < 4.78 is 4.36. The minimum absolute atomic E-state index is 0.0924. The molecule has 0 fully saturated rings. The van der Waals surface area contributed by atoms with Crippen LogP contribution >= 0.6 is 0 Å². The van der Waals surface area contributed by atoms with Crippen LogP contribution in [0.1, 0.15) is 19.8 Å². The summed E-state index contributed by atoms with van der Waals surface area (Å²) in [6.07, 6.45) is 0.283. The van der Waals surface area contributed by atoms with E-state index in [9.17, 15) is 19.2 Å². The fraction of sp³-hybridized carbons (Fsp3) is 0.600. The zero-order valence-electron chi connectivity index (χ0n) is 10.1. The first kappa shape index (κ1) is 15.9. The van der Waals surface area contributed by atoms with Crippen LogP contribution in [0.15, 0.2) is 0 Å². The van der Waals surface area contributed by atoms with Gasteiger partial charge in [0.15, 0.2) is 0 Å². The first-order valence-corrected chi connectivity index (χ1v) is 5.22. The fourth-order valence-corrected chi connectivity index (χ4v) is 1.06. The summed E-state index contributed by atoms with van der Waals surface area (Å²) in [5.41, 5.74) is 0. The Balaban J connectivity index is 4.27. The van der Waals surface area contributed by atoms with E-state index in [1.165, 1.54) is 14.0 Å². The van der Waals surface area contributed by atoms with E-state index in [1.54, 1.807) is 0 Å². The molecule has 18 heavy (non-hydrogen) atoms. The largest absolute Gasteiger partial charge is 0.480 e. The molecular weight excluding hydrogens is 244 g/mol. The quantitative estimate of drug-likeness (QED) is 0.410. The van der Waals surface area contributed by atoms with Gasteiger partial charge in [-0.2, -0.15) is 0 Å². The van der Waals surface area contributed by atoms with Crippen molar-refractivity contribution in [1.29, 1.82) is 0 Å². The fourth-order valence-electron chi connectivity index (χ4n) is 1.06. The van der Waals surface area contributed by atoms with Crippen molar-refractivity contribution in [2.45, 2.75) is 31.8 Å². The smallest absolute Gasteiger partial charge is 0.326 e. The number of hydrogen-bond donors (Lipinski definition) is 3. The van der Waals surface area contributed by atoms with Crippen molar-refractivity contribution >= 4 is 24.3 Å². The SMILES string of the molecule is COC(=O)CC[C@H](NC(=O)N[C@@H](C)C=O)C(=O)O. The number of ether oxygens (including phenoxy) is 1. The zero-order valence-corrected chi connectivity index (χ0v) is 10.1. The molecule has 0 aromatic rings. The molecule has 0 aromatic heterocycles. The number of amides is 2. The van der Waals surface area contributed by atoms with Gasteiger partial charge in [-0.05, 0) is 13.3 Å². The molecule has 0 radical (unpaired) electrons. The Hall–Kier alpha value is -2.12. The second-order valence-corrected chi connectivity index (χ2v) is 3.55. The van der Waals surface area contributed by atoms with Crippen molar-refractivity contribution in [3.8, 4) is 0 Å². The Morgan fingerprint density at radius 3 is 2.39 bits per heavy atom. The number of nitrogens with one attached hydrogen (secondary N) is 2. The molecule has 2 atom stereocenters. The molecule has 8 heteroatoms. The maximum atomic E-state index is 11.3. The highest BCUT2D eigenvalue weighted by Gasteiger charge is 2.21. The summed E-state index contributed by atoms with van der Waals surface area (Å²) in [6.45, 7) is 1.44. The third-order valence-corrected chi connectivity index (χ3v) is 2.03. The van der Waals surface area contributed by atoms with Crippen LogP contribution in [-0.2, 0) is 19.1 Å². The van der Waals surface area contributed by atoms with Crippen molar-refractivity contribution in [2.24, 2.45) is 0 Å². The van der Waals surface area contributed by atoms with E-state index < -0.39 is 30.1 Å². The average molecular weight is 260 g/mol. The van der Waals surface area contributed by atoms with Crippen LogP contribution in [0.2, 0.25) is 0 Å². The second kappa shape index (κ2) is 8.04. The minimum atomic E-state index is -1.27. The molecule has 0 aliphatic rings. The lowest BCUT2D eigenvalue weighted by atomic mass is 10.1. The molecule has 0 rings (SSSR count). The van der Waals surface area contributed by atoms with Crippen LogP contribution in [0.25, 0.3) is 0 Å². The van der Waals surface area contributed by atoms with Crippen molar-refractivity contribution in [3.63, 3.8) is 0 Å². The number of urea groups is 1. The first-order chi connectivity index (χ1) is 8.40. The number of methoxy groups -OCH3 is 1. The first-order valence-electron chi connectivity index (χ1n) is 5.22. The van der Waals surface area contributed by atoms with Gasteiger partial charge in [0, 0.05) is 6.42 Å². The normalized spacial score (nSPS) is 13.0. The number of hydrogen-bond acceptors (Lipinski definition) is 5. The second-order valence-electron chi connectivity index (χ2n) is 3.55. The van der Waals surface area contributed by atoms with Gasteiger partial charge < -0.3 is 25.3 Å². The van der Waals surface area contributed by atoms with E-state index in [2.05, 4.69) is 15.4 Å². The molecule has 0 spiro atoms. The number of carboxylic acid groups (broad SMARTS) is 1. The standard InChI is InChI=1S/C10H16N2O6/c1-6(5-13)11-10(17)12-7(9(15)16)3-4-8(14)18-2/h5-7H,3-4H2,1-2H3,(H,15,16)(H2,11,12,17)/t6-,7-/m0/s1. The molecule has 3 N–H and O–H groups in total. The van der Waals surface area contributed by atoms with E-state index in [1.807, 2.05) is 0 Å². The van der Waals surface area contributed by atoms with Gasteiger partial charge >= 0.3 is 18.0 Å². The number of carboxylic acids is 1. The Bertz CT molecular complexity index is 330. The molecule has 8 nitrogen and oxygen atoms in total. The zero-order chi connectivity index (χ0) is 14.1. The van der Waals surface area contributed by atoms with Crippen LogP contribution in [0, 0.1) is 0 Å². The van der Waals surface area contributed by atoms with Crippen LogP contribution in [0.3, 0.4) is 0 Å². The van der Waals surface area contributed by atoms with Crippen molar-refractivity contribution in [2.75, 3.05) is 7.11 Å². The summed E-state index contributed by atoms with van der Waals surface area (Å²) in [4.78, 5) is 43.3. The molecule has 0 saturated carbocycles. The maximum Gasteiger partial charge on any atom is 0.326 e. The highest BCUT2D eigenvalue weighted by molar-refractivity contribution is 5.84. The lowest BCUT2D eigenvalue weighted by Crippen LogP contribution is -2.48. The molecule has 2 amide bonds. The number of rotatable bonds is 7. The third kappa shape index (κ3) is 6.46. The van der Waals surface area contributed by atoms with Crippen LogP contribution in [-0.4, -0.2) is 48.6 Å². The topological polar surface area (TPSA) is 122 Å². The average Bonchev–Trinajstić information content (AvgIpc) is 2.33. The highest BCUT2D eigenvalue weighted by atomic mass is 16.5. The molecule has 0 aromatic carbocycles. The van der Waals surface area contributed by atoms with Gasteiger partial charge in [-0.25, -0.2) is 9.59 Å². The van der Waals surface area contributed by atoms with Gasteiger partial charge in [-0.3, -0.25) is 4.79 Å². The lowest BCUT2D eigenvalue weighted by molar-refractivity contribution is -0.142. The predicted molar refractivity (Wildman–Crippen MR) is 59.9 cm³/mol. The van der Waals surface area contributed by atoms with Gasteiger partial charge in [-0.1, -0.05) is 0 Å². The van der Waals surface area contributed by atoms with E-state index in [-0.39, 0.29) is 12.8 Å². The van der Waals surface area contributed by atoms with E-state index in [0.717, 1.165) is 0 Å². The summed E-state index contributed by atoms with van der Waals surface area (Å²) in [6, 6.07) is -2.73. The lowest BCUT2D eigenvalue weighted by Gasteiger charge is -2.15. The third-order valence-electron chi connectivity index (χ3n) is 2.03. The Labute approximate surface area is 104 Å². The van der Waals surface area contributed by atoms with E-state index in [0.29, 0.717) is 6.29 Å². The van der Waals surface area contributed by atoms with Crippen LogP contribution < -0.4 is 10.6 Å². The van der Waals surface area contributed by atoms with Crippen LogP contribution in [0.5, 0.6) is 0 Å². The predicted octanol–water partition coefficient (Wildman–Crippen LogP) is -0.721. The summed E-state index contributed by atoms with van der Waals surface area (Å²) in [5.74, 6) is -1.84. The molecule has 0 saturated heterocycles. The van der Waals surface area contributed by atoms with Gasteiger partial charge in [0.25, 0.3) is 0 Å². The van der Waals surface area contributed by atoms with Gasteiger partial charge in [0.2, 0.25) is 0 Å². The molecule has 102 valence electrons. The molecule has 0 heterocycles. The maximum absolute atomic E-state index is 11.3. The monoisotopic (exact) mass is 260 g/mol. The van der Waals surface area contributed by atoms with Gasteiger partial charge in [-0.15, -0.1) is 0 Å². The summed E-state index contributed by atoms with van der Waals surface area (Å²) >= 11 is 0. The highest BCUT2D eigenvalue weighted by Crippen LogP contribution is 1.99. The number of aliphatic carboxylic acids is 1. The molecule has 0 aliphatic heterocycles. The van der Waals surface area contributed by atoms with Crippen molar-refractivity contribution < 1.29 is 29.0 Å². The molecule has 0 bridgehead atoms. The number of carbonyl (C=O) groups is 4. The van der Waals surface area contributed by atoms with Crippen molar-refractivity contribution in [3.05, 3.63) is 0 Å². The van der Waals surface area contributed by atoms with E-state index >= 15 is 0 Å². The number of aldehydes is 1. The Morgan fingerprint density at radius 2 is 1.94 bits per heavy atom. The van der Waals surface area contributed by atoms with Crippen molar-refractivity contribution in [1.82, 2.24) is 10.6 Å². The number of esters is 1. The minimum Gasteiger partial charge on any atom is -0.480 e. The molecule has 0 aliphatic carbocycles. The van der Waals surface area contributed by atoms with Gasteiger partial charge in [0.1, 0.15) is 12.3 Å². The molecule has 0 unspecified atom stereocenters. The van der Waals surface area contributed by atoms with E-state index in [4.69, 9.17) is 5.11 Å². The van der Waals surface area contributed by atoms with Gasteiger partial charge in [0.05, 0.1) is 13.2 Å². The summed E-state index contributed by atoms with van der Waals surface area (Å²) in [7, 11) is 1.18. The van der Waals surface area contributed by atoms with Crippen LogP contribution in [0.4, 0.5) is 4.79 Å². The number of carbonyl (C=O) groups excluding carboxylic acids is 3.